The Hall–Kier alpha value is -0.830. The molecule has 0 fully saturated rings. The molecule has 0 atom stereocenters. The largest absolute Gasteiger partial charge is 0.478 e. The van der Waals surface area contributed by atoms with Gasteiger partial charge in [-0.3, -0.25) is 0 Å². The molecule has 0 saturated heterocycles. The van der Waals surface area contributed by atoms with Crippen LogP contribution in [0, 0.1) is 0 Å². The smallest absolute Gasteiger partial charge is 0.331 e. The summed E-state index contributed by atoms with van der Waals surface area (Å²) < 4.78 is 4.68. The van der Waals surface area contributed by atoms with Crippen LogP contribution in [-0.4, -0.2) is 24.8 Å². The van der Waals surface area contributed by atoms with Crippen molar-refractivity contribution in [2.24, 2.45) is 0 Å². The minimum absolute atomic E-state index is 0.371. The van der Waals surface area contributed by atoms with E-state index in [1.807, 2.05) is 0 Å². The van der Waals surface area contributed by atoms with Gasteiger partial charge in [-0.2, -0.15) is 0 Å². The van der Waals surface area contributed by atoms with Gasteiger partial charge in [0, 0.05) is 12.7 Å². The van der Waals surface area contributed by atoms with E-state index in [2.05, 4.69) is 4.74 Å². The summed E-state index contributed by atoms with van der Waals surface area (Å²) in [6.07, 6.45) is 2.11. The molecule has 0 aliphatic rings. The van der Waals surface area contributed by atoms with E-state index in [4.69, 9.17) is 5.11 Å². The van der Waals surface area contributed by atoms with Crippen LogP contribution in [0.2, 0.25) is 0 Å². The number of ether oxygens (including phenoxy) is 1. The molecule has 0 aliphatic carbocycles. The lowest BCUT2D eigenvalue weighted by Crippen LogP contribution is -2.00. The zero-order valence-corrected chi connectivity index (χ0v) is 6.26. The van der Waals surface area contributed by atoms with Crippen molar-refractivity contribution in [2.75, 3.05) is 13.7 Å². The van der Waals surface area contributed by atoms with Crippen LogP contribution >= 0.6 is 0 Å². The van der Waals surface area contributed by atoms with Gasteiger partial charge in [-0.15, -0.1) is 0 Å². The summed E-state index contributed by atoms with van der Waals surface area (Å²) in [7, 11) is 1.53. The van der Waals surface area contributed by atoms with Gasteiger partial charge in [-0.05, 0) is 12.5 Å². The van der Waals surface area contributed by atoms with Crippen molar-refractivity contribution in [3.63, 3.8) is 0 Å². The van der Waals surface area contributed by atoms with Crippen molar-refractivity contribution in [3.05, 3.63) is 11.6 Å². The van der Waals surface area contributed by atoms with Crippen LogP contribution in [0.1, 0.15) is 13.3 Å². The Labute approximate surface area is 60.3 Å². The molecule has 10 heavy (non-hydrogen) atoms. The third-order valence-corrected chi connectivity index (χ3v) is 1.15. The van der Waals surface area contributed by atoms with Gasteiger partial charge < -0.3 is 9.84 Å². The van der Waals surface area contributed by atoms with Crippen molar-refractivity contribution in [1.82, 2.24) is 0 Å². The van der Waals surface area contributed by atoms with Crippen LogP contribution in [0.25, 0.3) is 0 Å². The first-order valence-corrected chi connectivity index (χ1v) is 3.13. The highest BCUT2D eigenvalue weighted by molar-refractivity contribution is 5.86. The predicted octanol–water partition coefficient (Wildman–Crippen LogP) is 1.05. The second-order valence-electron chi connectivity index (χ2n) is 1.84. The molecule has 58 valence electrons. The average molecular weight is 144 g/mol. The topological polar surface area (TPSA) is 46.5 Å². The number of carbonyl (C=O) groups is 1. The molecule has 0 unspecified atom stereocenters. The van der Waals surface area contributed by atoms with Gasteiger partial charge in [0.15, 0.2) is 0 Å². The third-order valence-electron chi connectivity index (χ3n) is 1.15. The SMILES string of the molecule is CCC(=CCOC)C(=O)O. The van der Waals surface area contributed by atoms with Gasteiger partial charge in [0.05, 0.1) is 6.61 Å². The summed E-state index contributed by atoms with van der Waals surface area (Å²) in [6.45, 7) is 2.17. The summed E-state index contributed by atoms with van der Waals surface area (Å²) in [5, 5.41) is 8.48. The summed E-state index contributed by atoms with van der Waals surface area (Å²) >= 11 is 0. The molecule has 3 heteroatoms. The Bertz CT molecular complexity index is 138. The van der Waals surface area contributed by atoms with E-state index in [0.29, 0.717) is 18.6 Å². The number of hydrogen-bond donors (Lipinski definition) is 1. The Kier molecular flexibility index (Phi) is 4.58. The minimum Gasteiger partial charge on any atom is -0.478 e. The summed E-state index contributed by atoms with van der Waals surface area (Å²) in [5.41, 5.74) is 0.404. The molecule has 1 N–H and O–H groups in total. The first-order valence-electron chi connectivity index (χ1n) is 3.13. The molecule has 3 nitrogen and oxygen atoms in total. The molecular weight excluding hydrogens is 132 g/mol. The van der Waals surface area contributed by atoms with Crippen molar-refractivity contribution in [1.29, 1.82) is 0 Å². The second-order valence-corrected chi connectivity index (χ2v) is 1.84. The standard InChI is InChI=1S/C7H12O3/c1-3-6(7(8)9)4-5-10-2/h4H,3,5H2,1-2H3,(H,8,9). The minimum atomic E-state index is -0.862. The highest BCUT2D eigenvalue weighted by Crippen LogP contribution is 1.99. The Morgan fingerprint density at radius 2 is 2.30 bits per heavy atom. The lowest BCUT2D eigenvalue weighted by Gasteiger charge is -1.95. The van der Waals surface area contributed by atoms with Gasteiger partial charge in [0.25, 0.3) is 0 Å². The van der Waals surface area contributed by atoms with E-state index >= 15 is 0 Å². The zero-order valence-electron chi connectivity index (χ0n) is 6.26. The van der Waals surface area contributed by atoms with E-state index in [1.165, 1.54) is 7.11 Å². The number of methoxy groups -OCH3 is 1. The predicted molar refractivity (Wildman–Crippen MR) is 37.9 cm³/mol. The van der Waals surface area contributed by atoms with Gasteiger partial charge >= 0.3 is 5.97 Å². The Balaban J connectivity index is 3.91. The van der Waals surface area contributed by atoms with Gasteiger partial charge in [0.2, 0.25) is 0 Å². The van der Waals surface area contributed by atoms with Gasteiger partial charge in [0.1, 0.15) is 0 Å². The molecule has 0 amide bonds. The molecule has 0 aliphatic heterocycles. The number of carboxylic acids is 1. The molecule has 0 radical (unpaired) electrons. The summed E-state index contributed by atoms with van der Waals surface area (Å²) in [6, 6.07) is 0. The van der Waals surface area contributed by atoms with Crippen molar-refractivity contribution in [3.8, 4) is 0 Å². The van der Waals surface area contributed by atoms with Crippen LogP contribution in [0.15, 0.2) is 11.6 Å². The van der Waals surface area contributed by atoms with Crippen molar-refractivity contribution >= 4 is 5.97 Å². The molecule has 0 aromatic heterocycles. The van der Waals surface area contributed by atoms with E-state index in [0.717, 1.165) is 0 Å². The lowest BCUT2D eigenvalue weighted by molar-refractivity contribution is -0.132. The van der Waals surface area contributed by atoms with E-state index in [-0.39, 0.29) is 0 Å². The second kappa shape index (κ2) is 4.99. The molecule has 0 bridgehead atoms. The number of hydrogen-bond acceptors (Lipinski definition) is 2. The quantitative estimate of drug-likeness (QED) is 0.600. The molecule has 0 spiro atoms. The van der Waals surface area contributed by atoms with E-state index < -0.39 is 5.97 Å². The van der Waals surface area contributed by atoms with Gasteiger partial charge in [-0.1, -0.05) is 6.92 Å². The van der Waals surface area contributed by atoms with Crippen LogP contribution < -0.4 is 0 Å². The van der Waals surface area contributed by atoms with Crippen LogP contribution in [0.5, 0.6) is 0 Å². The lowest BCUT2D eigenvalue weighted by atomic mass is 10.2. The first-order chi connectivity index (χ1) is 4.72. The molecular formula is C7H12O3. The highest BCUT2D eigenvalue weighted by Gasteiger charge is 2.01. The fourth-order valence-electron chi connectivity index (χ4n) is 0.567. The van der Waals surface area contributed by atoms with Crippen LogP contribution in [0.4, 0.5) is 0 Å². The van der Waals surface area contributed by atoms with Crippen molar-refractivity contribution < 1.29 is 14.6 Å². The molecule has 0 rings (SSSR count). The third kappa shape index (κ3) is 3.25. The van der Waals surface area contributed by atoms with E-state index in [1.54, 1.807) is 13.0 Å². The average Bonchev–Trinajstić information content (AvgIpc) is 1.89. The maximum Gasteiger partial charge on any atom is 0.331 e. The first kappa shape index (κ1) is 9.17. The molecule has 0 aromatic carbocycles. The zero-order chi connectivity index (χ0) is 7.98. The van der Waals surface area contributed by atoms with Gasteiger partial charge in [-0.25, -0.2) is 4.79 Å². The normalized spacial score (nSPS) is 11.6. The number of aliphatic carboxylic acids is 1. The summed E-state index contributed by atoms with van der Waals surface area (Å²) in [5.74, 6) is -0.862. The molecule has 0 heterocycles. The maximum absolute atomic E-state index is 10.3. The monoisotopic (exact) mass is 144 g/mol. The Morgan fingerprint density at radius 1 is 1.70 bits per heavy atom. The molecule has 0 aromatic rings. The highest BCUT2D eigenvalue weighted by atomic mass is 16.5. The summed E-state index contributed by atoms with van der Waals surface area (Å²) in [4.78, 5) is 10.3. The maximum atomic E-state index is 10.3. The fourth-order valence-corrected chi connectivity index (χ4v) is 0.567. The Morgan fingerprint density at radius 3 is 2.60 bits per heavy atom. The molecule has 0 saturated carbocycles. The number of carboxylic acid groups (broad SMARTS) is 1. The van der Waals surface area contributed by atoms with Crippen LogP contribution in [0.3, 0.4) is 0 Å². The van der Waals surface area contributed by atoms with E-state index in [9.17, 15) is 4.79 Å². The fraction of sp³-hybridized carbons (Fsp3) is 0.571. The van der Waals surface area contributed by atoms with Crippen molar-refractivity contribution in [2.45, 2.75) is 13.3 Å². The number of rotatable bonds is 4. The van der Waals surface area contributed by atoms with Crippen LogP contribution in [-0.2, 0) is 9.53 Å².